The summed E-state index contributed by atoms with van der Waals surface area (Å²) in [6.07, 6.45) is 17.4. The minimum absolute atomic E-state index is 0.111. The van der Waals surface area contributed by atoms with Crippen LogP contribution in [0.25, 0.3) is 0 Å². The molecule has 0 N–H and O–H groups in total. The monoisotopic (exact) mass is 506 g/mol. The van der Waals surface area contributed by atoms with E-state index < -0.39 is 8.32 Å². The van der Waals surface area contributed by atoms with Gasteiger partial charge in [-0.1, -0.05) is 111 Å². The van der Waals surface area contributed by atoms with Gasteiger partial charge in [0.05, 0.1) is 7.11 Å². The Morgan fingerprint density at radius 2 is 1.31 bits per heavy atom. The number of carbonyl (C=O) groups excluding carboxylic acids is 1. The van der Waals surface area contributed by atoms with E-state index in [1.165, 1.54) is 70.6 Å². The van der Waals surface area contributed by atoms with Crippen molar-refractivity contribution in [3.8, 4) is 11.5 Å². The van der Waals surface area contributed by atoms with Crippen LogP contribution in [0.5, 0.6) is 11.5 Å². The third kappa shape index (κ3) is 13.4. The van der Waals surface area contributed by atoms with Crippen LogP contribution >= 0.6 is 0 Å². The number of benzene rings is 1. The van der Waals surface area contributed by atoms with E-state index in [4.69, 9.17) is 13.9 Å². The number of carbonyl (C=O) groups is 1. The fourth-order valence-corrected chi connectivity index (χ4v) is 4.86. The Hall–Kier alpha value is -1.49. The lowest BCUT2D eigenvalue weighted by molar-refractivity contribution is -0.145. The van der Waals surface area contributed by atoms with Crippen molar-refractivity contribution in [3.05, 3.63) is 23.8 Å². The Bertz CT molecular complexity index is 709. The van der Waals surface area contributed by atoms with E-state index in [-0.39, 0.29) is 17.6 Å². The maximum absolute atomic E-state index is 12.2. The summed E-state index contributed by atoms with van der Waals surface area (Å²) < 4.78 is 17.5. The number of unbranched alkanes of at least 4 members (excludes halogenated alkanes) is 12. The van der Waals surface area contributed by atoms with Crippen molar-refractivity contribution in [2.45, 2.75) is 142 Å². The molecule has 0 spiro atoms. The number of ether oxygens (including phenoxy) is 2. The van der Waals surface area contributed by atoms with Gasteiger partial charge < -0.3 is 13.9 Å². The van der Waals surface area contributed by atoms with Crippen molar-refractivity contribution in [1.29, 1.82) is 0 Å². The molecule has 202 valence electrons. The molecule has 35 heavy (non-hydrogen) atoms. The first-order valence-corrected chi connectivity index (χ1v) is 17.0. The zero-order valence-corrected chi connectivity index (χ0v) is 25.0. The highest BCUT2D eigenvalue weighted by Gasteiger charge is 2.39. The Morgan fingerprint density at radius 3 is 1.80 bits per heavy atom. The average Bonchev–Trinajstić information content (AvgIpc) is 2.80. The number of esters is 1. The van der Waals surface area contributed by atoms with Gasteiger partial charge in [0.2, 0.25) is 0 Å². The van der Waals surface area contributed by atoms with Gasteiger partial charge in [-0.25, -0.2) is 0 Å². The van der Waals surface area contributed by atoms with Crippen LogP contribution in [0.4, 0.5) is 0 Å². The average molecular weight is 507 g/mol. The van der Waals surface area contributed by atoms with Gasteiger partial charge in [-0.05, 0) is 42.2 Å². The smallest absolute Gasteiger partial charge is 0.306 e. The summed E-state index contributed by atoms with van der Waals surface area (Å²) >= 11 is 0. The molecule has 0 atom stereocenters. The van der Waals surface area contributed by atoms with Gasteiger partial charge in [0, 0.05) is 6.42 Å². The van der Waals surface area contributed by atoms with Crippen LogP contribution in [-0.2, 0) is 16.1 Å². The van der Waals surface area contributed by atoms with Crippen LogP contribution in [0.1, 0.15) is 123 Å². The highest BCUT2D eigenvalue weighted by molar-refractivity contribution is 6.74. The second kappa shape index (κ2) is 17.0. The van der Waals surface area contributed by atoms with Crippen molar-refractivity contribution in [2.75, 3.05) is 7.11 Å². The normalized spacial score (nSPS) is 12.0. The van der Waals surface area contributed by atoms with Crippen molar-refractivity contribution >= 4 is 14.3 Å². The van der Waals surface area contributed by atoms with Crippen molar-refractivity contribution in [2.24, 2.45) is 0 Å². The SMILES string of the molecule is CCCCCCCCCCCCCCCC(=O)OCc1ccc(O[Si](C)(C)C(C)(C)C)c(OC)c1. The second-order valence-electron chi connectivity index (χ2n) is 11.5. The molecule has 1 aromatic rings. The topological polar surface area (TPSA) is 44.8 Å². The van der Waals surface area contributed by atoms with Gasteiger partial charge in [0.1, 0.15) is 12.4 Å². The first kappa shape index (κ1) is 31.5. The molecule has 4 nitrogen and oxygen atoms in total. The third-order valence-electron chi connectivity index (χ3n) is 7.28. The first-order chi connectivity index (χ1) is 16.6. The third-order valence-corrected chi connectivity index (χ3v) is 11.6. The lowest BCUT2D eigenvalue weighted by Crippen LogP contribution is -2.43. The highest BCUT2D eigenvalue weighted by atomic mass is 28.4. The molecule has 0 bridgehead atoms. The fourth-order valence-electron chi connectivity index (χ4n) is 3.84. The van der Waals surface area contributed by atoms with Gasteiger partial charge in [0.15, 0.2) is 5.75 Å². The van der Waals surface area contributed by atoms with E-state index in [9.17, 15) is 4.79 Å². The summed E-state index contributed by atoms with van der Waals surface area (Å²) in [4.78, 5) is 12.2. The lowest BCUT2D eigenvalue weighted by atomic mass is 10.0. The molecule has 0 aliphatic rings. The molecule has 0 heterocycles. The summed E-state index contributed by atoms with van der Waals surface area (Å²) in [5.41, 5.74) is 0.920. The van der Waals surface area contributed by atoms with Crippen LogP contribution < -0.4 is 9.16 Å². The van der Waals surface area contributed by atoms with E-state index in [0.717, 1.165) is 24.2 Å². The highest BCUT2D eigenvalue weighted by Crippen LogP contribution is 2.40. The van der Waals surface area contributed by atoms with Crippen LogP contribution in [-0.4, -0.2) is 21.4 Å². The van der Waals surface area contributed by atoms with Gasteiger partial charge in [-0.3, -0.25) is 4.79 Å². The minimum Gasteiger partial charge on any atom is -0.541 e. The molecule has 0 amide bonds. The van der Waals surface area contributed by atoms with Crippen molar-refractivity contribution < 1.29 is 18.7 Å². The molecule has 0 radical (unpaired) electrons. The van der Waals surface area contributed by atoms with Crippen LogP contribution in [0.15, 0.2) is 18.2 Å². The summed E-state index contributed by atoms with van der Waals surface area (Å²) in [6.45, 7) is 13.6. The Labute approximate surface area is 217 Å². The molecule has 0 unspecified atom stereocenters. The van der Waals surface area contributed by atoms with Gasteiger partial charge in [-0.2, -0.15) is 0 Å². The molecule has 0 aromatic heterocycles. The number of rotatable bonds is 19. The van der Waals surface area contributed by atoms with Crippen LogP contribution in [0, 0.1) is 0 Å². The molecular formula is C30H54O4Si. The van der Waals surface area contributed by atoms with Crippen LogP contribution in [0.3, 0.4) is 0 Å². The largest absolute Gasteiger partial charge is 0.541 e. The minimum atomic E-state index is -1.95. The molecular weight excluding hydrogens is 452 g/mol. The summed E-state index contributed by atoms with van der Waals surface area (Å²) in [7, 11) is -0.301. The predicted molar refractivity (Wildman–Crippen MR) is 151 cm³/mol. The van der Waals surface area contributed by atoms with E-state index in [2.05, 4.69) is 40.8 Å². The number of hydrogen-bond acceptors (Lipinski definition) is 4. The molecule has 1 aromatic carbocycles. The zero-order chi connectivity index (χ0) is 26.2. The zero-order valence-electron chi connectivity index (χ0n) is 24.0. The summed E-state index contributed by atoms with van der Waals surface area (Å²) in [6, 6.07) is 5.82. The van der Waals surface area contributed by atoms with Gasteiger partial charge >= 0.3 is 5.97 Å². The van der Waals surface area contributed by atoms with Crippen molar-refractivity contribution in [1.82, 2.24) is 0 Å². The lowest BCUT2D eigenvalue weighted by Gasteiger charge is -2.36. The first-order valence-electron chi connectivity index (χ1n) is 14.1. The molecule has 0 saturated heterocycles. The second-order valence-corrected chi connectivity index (χ2v) is 16.2. The Balaban J connectivity index is 2.20. The molecule has 0 fully saturated rings. The van der Waals surface area contributed by atoms with E-state index >= 15 is 0 Å². The number of methoxy groups -OCH3 is 1. The standard InChI is InChI=1S/C30H54O4Si/c1-8-9-10-11-12-13-14-15-16-17-18-19-20-21-29(31)33-25-26-22-23-27(28(24-26)32-5)34-35(6,7)30(2,3)4/h22-24H,8-21,25H2,1-7H3. The molecule has 5 heteroatoms. The quantitative estimate of drug-likeness (QED) is 0.106. The van der Waals surface area contributed by atoms with E-state index in [1.54, 1.807) is 7.11 Å². The van der Waals surface area contributed by atoms with Crippen molar-refractivity contribution in [3.63, 3.8) is 0 Å². The molecule has 0 saturated carbocycles. The van der Waals surface area contributed by atoms with Gasteiger partial charge in [-0.15, -0.1) is 0 Å². The molecule has 0 aliphatic carbocycles. The van der Waals surface area contributed by atoms with Crippen LogP contribution in [0.2, 0.25) is 18.1 Å². The van der Waals surface area contributed by atoms with E-state index in [1.807, 2.05) is 18.2 Å². The number of hydrogen-bond donors (Lipinski definition) is 0. The summed E-state index contributed by atoms with van der Waals surface area (Å²) in [5, 5.41) is 0.111. The molecule has 1 rings (SSSR count). The molecule has 0 aliphatic heterocycles. The van der Waals surface area contributed by atoms with Gasteiger partial charge in [0.25, 0.3) is 8.32 Å². The Morgan fingerprint density at radius 1 is 0.800 bits per heavy atom. The maximum Gasteiger partial charge on any atom is 0.306 e. The summed E-state index contributed by atoms with van der Waals surface area (Å²) in [5.74, 6) is 1.34. The van der Waals surface area contributed by atoms with E-state index in [0.29, 0.717) is 12.2 Å². The fraction of sp³-hybridized carbons (Fsp3) is 0.767. The maximum atomic E-state index is 12.2. The predicted octanol–water partition coefficient (Wildman–Crippen LogP) is 9.60. The Kier molecular flexibility index (Phi) is 15.4.